The zero-order valence-electron chi connectivity index (χ0n) is 20.8. The molecule has 1 saturated heterocycles. The molecule has 2 fully saturated rings. The lowest BCUT2D eigenvalue weighted by Crippen LogP contribution is -2.37. The van der Waals surface area contributed by atoms with Crippen LogP contribution >= 0.6 is 0 Å². The summed E-state index contributed by atoms with van der Waals surface area (Å²) in [6, 6.07) is 11.3. The molecule has 180 valence electrons. The number of nitrogens with zero attached hydrogens (tertiary/aromatic N) is 4. The average molecular weight is 460 g/mol. The van der Waals surface area contributed by atoms with Crippen molar-refractivity contribution in [1.82, 2.24) is 19.4 Å². The van der Waals surface area contributed by atoms with Crippen LogP contribution in [0.1, 0.15) is 68.1 Å². The van der Waals surface area contributed by atoms with Crippen molar-refractivity contribution in [3.05, 3.63) is 53.0 Å². The monoisotopic (exact) mass is 459 g/mol. The van der Waals surface area contributed by atoms with E-state index in [0.29, 0.717) is 11.9 Å². The van der Waals surface area contributed by atoms with Crippen molar-refractivity contribution in [2.45, 2.75) is 78.3 Å². The molecule has 6 nitrogen and oxygen atoms in total. The standard InChI is InChI=1S/C28H37N5O/c1-4-25-31-26-19(2)17-20(3)29-27(26)33(25)18-21-7-11-23(12-8-21)30-24-13-9-22(10-14-24)28(34)32-15-5-6-16-32/h7-8,11-12,17,22,24,30H,4-6,9-10,13-16,18H2,1-3H3/t22-,24+. The van der Waals surface area contributed by atoms with E-state index >= 15 is 0 Å². The van der Waals surface area contributed by atoms with E-state index in [1.54, 1.807) is 0 Å². The zero-order valence-corrected chi connectivity index (χ0v) is 20.8. The second-order valence-corrected chi connectivity index (χ2v) is 10.1. The van der Waals surface area contributed by atoms with Gasteiger partial charge in [-0.15, -0.1) is 0 Å². The van der Waals surface area contributed by atoms with E-state index in [9.17, 15) is 4.79 Å². The summed E-state index contributed by atoms with van der Waals surface area (Å²) >= 11 is 0. The molecule has 6 heteroatoms. The van der Waals surface area contributed by atoms with Gasteiger partial charge in [-0.1, -0.05) is 19.1 Å². The predicted molar refractivity (Wildman–Crippen MR) is 137 cm³/mol. The van der Waals surface area contributed by atoms with Crippen LogP contribution in [0.3, 0.4) is 0 Å². The number of aryl methyl sites for hydroxylation is 3. The molecule has 1 amide bonds. The predicted octanol–water partition coefficient (Wildman–Crippen LogP) is 5.25. The van der Waals surface area contributed by atoms with Crippen LogP contribution in [0.4, 0.5) is 5.69 Å². The molecule has 34 heavy (non-hydrogen) atoms. The third-order valence-electron chi connectivity index (χ3n) is 7.58. The van der Waals surface area contributed by atoms with E-state index in [4.69, 9.17) is 9.97 Å². The highest BCUT2D eigenvalue weighted by Gasteiger charge is 2.30. The van der Waals surface area contributed by atoms with Crippen molar-refractivity contribution in [2.24, 2.45) is 5.92 Å². The molecular formula is C28H37N5O. The maximum Gasteiger partial charge on any atom is 0.225 e. The van der Waals surface area contributed by atoms with Crippen molar-refractivity contribution in [2.75, 3.05) is 18.4 Å². The van der Waals surface area contributed by atoms with E-state index in [0.717, 1.165) is 80.1 Å². The fraction of sp³-hybridized carbons (Fsp3) is 0.536. The highest BCUT2D eigenvalue weighted by atomic mass is 16.2. The van der Waals surface area contributed by atoms with Crippen LogP contribution in [0.25, 0.3) is 11.2 Å². The van der Waals surface area contributed by atoms with Gasteiger partial charge in [0.15, 0.2) is 5.65 Å². The molecular weight excluding hydrogens is 422 g/mol. The lowest BCUT2D eigenvalue weighted by molar-refractivity contribution is -0.135. The largest absolute Gasteiger partial charge is 0.382 e. The van der Waals surface area contributed by atoms with Gasteiger partial charge in [0, 0.05) is 42.9 Å². The Balaban J connectivity index is 1.21. The van der Waals surface area contributed by atoms with Gasteiger partial charge in [-0.3, -0.25) is 4.79 Å². The number of likely N-dealkylation sites (tertiary alicyclic amines) is 1. The quantitative estimate of drug-likeness (QED) is 0.547. The fourth-order valence-corrected chi connectivity index (χ4v) is 5.69. The number of aromatic nitrogens is 3. The molecule has 2 aliphatic rings. The summed E-state index contributed by atoms with van der Waals surface area (Å²) in [4.78, 5) is 24.4. The van der Waals surface area contributed by atoms with Crippen molar-refractivity contribution in [3.63, 3.8) is 0 Å². The highest BCUT2D eigenvalue weighted by Crippen LogP contribution is 2.29. The Morgan fingerprint density at radius 3 is 2.41 bits per heavy atom. The van der Waals surface area contributed by atoms with Gasteiger partial charge in [0.05, 0.1) is 6.54 Å². The van der Waals surface area contributed by atoms with Crippen LogP contribution in [0.15, 0.2) is 30.3 Å². The fourth-order valence-electron chi connectivity index (χ4n) is 5.69. The summed E-state index contributed by atoms with van der Waals surface area (Å²) in [5, 5.41) is 3.71. The lowest BCUT2D eigenvalue weighted by atomic mass is 9.85. The zero-order chi connectivity index (χ0) is 23.7. The van der Waals surface area contributed by atoms with E-state index in [-0.39, 0.29) is 5.92 Å². The Morgan fingerprint density at radius 2 is 1.74 bits per heavy atom. The molecule has 0 unspecified atom stereocenters. The third kappa shape index (κ3) is 4.68. The average Bonchev–Trinajstić information content (AvgIpc) is 3.49. The minimum Gasteiger partial charge on any atom is -0.382 e. The molecule has 3 aromatic rings. The van der Waals surface area contributed by atoms with Gasteiger partial charge in [0.2, 0.25) is 5.91 Å². The maximum absolute atomic E-state index is 12.7. The summed E-state index contributed by atoms with van der Waals surface area (Å²) in [5.74, 6) is 1.72. The molecule has 1 aliphatic heterocycles. The molecule has 1 aromatic carbocycles. The Labute approximate surface area is 202 Å². The van der Waals surface area contributed by atoms with Gasteiger partial charge < -0.3 is 14.8 Å². The van der Waals surface area contributed by atoms with E-state index in [1.165, 1.54) is 24.0 Å². The van der Waals surface area contributed by atoms with Crippen LogP contribution in [-0.4, -0.2) is 44.5 Å². The van der Waals surface area contributed by atoms with Crippen molar-refractivity contribution >= 4 is 22.8 Å². The number of benzene rings is 1. The van der Waals surface area contributed by atoms with E-state index in [2.05, 4.69) is 59.0 Å². The molecule has 1 aliphatic carbocycles. The third-order valence-corrected chi connectivity index (χ3v) is 7.58. The van der Waals surface area contributed by atoms with Gasteiger partial charge in [-0.2, -0.15) is 0 Å². The first kappa shape index (κ1) is 22.9. The Kier molecular flexibility index (Phi) is 6.57. The van der Waals surface area contributed by atoms with Crippen LogP contribution < -0.4 is 5.32 Å². The lowest BCUT2D eigenvalue weighted by Gasteiger charge is -2.31. The second-order valence-electron chi connectivity index (χ2n) is 10.1. The molecule has 3 heterocycles. The van der Waals surface area contributed by atoms with Crippen molar-refractivity contribution < 1.29 is 4.79 Å². The summed E-state index contributed by atoms with van der Waals surface area (Å²) in [7, 11) is 0. The maximum atomic E-state index is 12.7. The number of hydrogen-bond acceptors (Lipinski definition) is 4. The summed E-state index contributed by atoms with van der Waals surface area (Å²) in [5.41, 5.74) is 6.63. The number of carbonyl (C=O) groups is 1. The van der Waals surface area contributed by atoms with Crippen LogP contribution in [0, 0.1) is 19.8 Å². The topological polar surface area (TPSA) is 63.1 Å². The first-order chi connectivity index (χ1) is 16.5. The van der Waals surface area contributed by atoms with E-state index in [1.807, 2.05) is 6.92 Å². The van der Waals surface area contributed by atoms with Crippen molar-refractivity contribution in [3.8, 4) is 0 Å². The molecule has 5 rings (SSSR count). The summed E-state index contributed by atoms with van der Waals surface area (Å²) in [6.45, 7) is 9.02. The van der Waals surface area contributed by atoms with Crippen LogP contribution in [0.2, 0.25) is 0 Å². The van der Waals surface area contributed by atoms with Crippen LogP contribution in [0.5, 0.6) is 0 Å². The van der Waals surface area contributed by atoms with E-state index < -0.39 is 0 Å². The molecule has 1 N–H and O–H groups in total. The molecule has 2 aromatic heterocycles. The number of pyridine rings is 1. The number of hydrogen-bond donors (Lipinski definition) is 1. The molecule has 0 bridgehead atoms. The van der Waals surface area contributed by atoms with Gasteiger partial charge in [-0.05, 0) is 81.7 Å². The van der Waals surface area contributed by atoms with Crippen molar-refractivity contribution in [1.29, 1.82) is 0 Å². The number of imidazole rings is 1. The Hall–Kier alpha value is -2.89. The van der Waals surface area contributed by atoms with Crippen LogP contribution in [-0.2, 0) is 17.8 Å². The van der Waals surface area contributed by atoms with Gasteiger partial charge in [0.25, 0.3) is 0 Å². The Bertz CT molecular complexity index is 1150. The second kappa shape index (κ2) is 9.77. The normalized spacial score (nSPS) is 20.7. The molecule has 0 radical (unpaired) electrons. The summed E-state index contributed by atoms with van der Waals surface area (Å²) < 4.78 is 2.26. The minimum atomic E-state index is 0.233. The first-order valence-corrected chi connectivity index (χ1v) is 13.0. The van der Waals surface area contributed by atoms with Gasteiger partial charge in [0.1, 0.15) is 11.3 Å². The number of carbonyl (C=O) groups excluding carboxylic acids is 1. The minimum absolute atomic E-state index is 0.233. The SMILES string of the molecule is CCc1nc2c(C)cc(C)nc2n1Cc1ccc(N[C@H]2CC[C@@H](C(=O)N3CCCC3)CC2)cc1. The number of anilines is 1. The van der Waals surface area contributed by atoms with Gasteiger partial charge in [-0.25, -0.2) is 9.97 Å². The molecule has 0 spiro atoms. The number of amides is 1. The molecule has 1 saturated carbocycles. The smallest absolute Gasteiger partial charge is 0.225 e. The van der Waals surface area contributed by atoms with Gasteiger partial charge >= 0.3 is 0 Å². The summed E-state index contributed by atoms with van der Waals surface area (Å²) in [6.07, 6.45) is 7.37. The number of rotatable bonds is 6. The first-order valence-electron chi connectivity index (χ1n) is 13.0. The number of fused-ring (bicyclic) bond motifs is 1. The Morgan fingerprint density at radius 1 is 1.03 bits per heavy atom. The number of nitrogens with one attached hydrogen (secondary N) is 1. The molecule has 0 atom stereocenters. The highest BCUT2D eigenvalue weighted by molar-refractivity contribution is 5.79.